The molecule has 2 heterocycles. The van der Waals surface area contributed by atoms with Crippen molar-refractivity contribution in [1.29, 1.82) is 0 Å². The zero-order valence-electron chi connectivity index (χ0n) is 16.7. The average molecular weight is 416 g/mol. The maximum atomic E-state index is 12.9. The van der Waals surface area contributed by atoms with Crippen molar-refractivity contribution in [3.63, 3.8) is 0 Å². The summed E-state index contributed by atoms with van der Waals surface area (Å²) in [5.74, 6) is -1.16. The van der Waals surface area contributed by atoms with Gasteiger partial charge in [-0.25, -0.2) is 4.79 Å². The molecule has 0 saturated carbocycles. The minimum absolute atomic E-state index is 0.0104. The molecule has 0 fully saturated rings. The molecule has 0 saturated heterocycles. The second-order valence-corrected chi connectivity index (χ2v) is 6.92. The molecule has 2 aromatic carbocycles. The smallest absolute Gasteiger partial charge is 0.328 e. The Morgan fingerprint density at radius 1 is 1.06 bits per heavy atom. The topological polar surface area (TPSA) is 106 Å². The van der Waals surface area contributed by atoms with Crippen LogP contribution in [0.1, 0.15) is 16.1 Å². The van der Waals surface area contributed by atoms with E-state index < -0.39 is 17.9 Å². The number of nitrogens with zero attached hydrogens (tertiary/aromatic N) is 2. The quantitative estimate of drug-likeness (QED) is 0.469. The summed E-state index contributed by atoms with van der Waals surface area (Å²) in [5.41, 5.74) is 1.98. The lowest BCUT2D eigenvalue weighted by atomic mass is 10.0. The minimum Gasteiger partial charge on any atom is -0.467 e. The van der Waals surface area contributed by atoms with Gasteiger partial charge in [0.2, 0.25) is 0 Å². The van der Waals surface area contributed by atoms with Crippen LogP contribution in [0.4, 0.5) is 0 Å². The first-order valence-corrected chi connectivity index (χ1v) is 9.66. The second kappa shape index (κ2) is 8.66. The largest absolute Gasteiger partial charge is 0.467 e. The van der Waals surface area contributed by atoms with Gasteiger partial charge in [-0.15, -0.1) is 0 Å². The summed E-state index contributed by atoms with van der Waals surface area (Å²) in [6, 6.07) is 18.1. The predicted octanol–water partition coefficient (Wildman–Crippen LogP) is 2.23. The number of hydrogen-bond donors (Lipinski definition) is 2. The van der Waals surface area contributed by atoms with Crippen LogP contribution < -0.4 is 10.9 Å². The van der Waals surface area contributed by atoms with E-state index >= 15 is 0 Å². The third-order valence-electron chi connectivity index (χ3n) is 4.92. The number of nitrogens with one attached hydrogen (secondary N) is 2. The van der Waals surface area contributed by atoms with Crippen molar-refractivity contribution in [3.05, 3.63) is 94.5 Å². The van der Waals surface area contributed by atoms with E-state index in [1.807, 2.05) is 30.3 Å². The van der Waals surface area contributed by atoms with Gasteiger partial charge in [-0.1, -0.05) is 36.4 Å². The van der Waals surface area contributed by atoms with Crippen LogP contribution in [-0.2, 0) is 16.0 Å². The van der Waals surface area contributed by atoms with Crippen LogP contribution in [0.15, 0.2) is 77.7 Å². The highest BCUT2D eigenvalue weighted by Gasteiger charge is 2.24. The normalized spacial score (nSPS) is 11.8. The van der Waals surface area contributed by atoms with E-state index in [-0.39, 0.29) is 17.7 Å². The van der Waals surface area contributed by atoms with Gasteiger partial charge < -0.3 is 15.0 Å². The van der Waals surface area contributed by atoms with Gasteiger partial charge >= 0.3 is 5.97 Å². The van der Waals surface area contributed by atoms with Crippen LogP contribution in [0.2, 0.25) is 0 Å². The van der Waals surface area contributed by atoms with Gasteiger partial charge in [0.1, 0.15) is 11.7 Å². The van der Waals surface area contributed by atoms with Crippen LogP contribution in [0, 0.1) is 0 Å². The summed E-state index contributed by atoms with van der Waals surface area (Å²) in [6.45, 7) is 0. The summed E-state index contributed by atoms with van der Waals surface area (Å²) >= 11 is 0. The number of fused-ring (bicyclic) bond motifs is 1. The van der Waals surface area contributed by atoms with Gasteiger partial charge in [0.15, 0.2) is 0 Å². The van der Waals surface area contributed by atoms with Crippen LogP contribution in [-0.4, -0.2) is 39.8 Å². The van der Waals surface area contributed by atoms with Gasteiger partial charge in [0, 0.05) is 29.6 Å². The number of aromatic amines is 1. The molecule has 0 unspecified atom stereocenters. The standard InChI is InChI=1S/C23H20N4O4/c1-31-23(30)20(13-15-14-24-18-10-6-5-9-17(15)18)25-22(29)19-11-12-21(28)27(26-19)16-7-3-2-4-8-16/h2-12,14,20,24H,13H2,1H3,(H,25,29)/t20-/m1/s1. The number of esters is 1. The molecular formula is C23H20N4O4. The lowest BCUT2D eigenvalue weighted by Gasteiger charge is -2.16. The first kappa shape index (κ1) is 20.1. The fraction of sp³-hybridized carbons (Fsp3) is 0.130. The number of aromatic nitrogens is 3. The number of ether oxygens (including phenoxy) is 1. The average Bonchev–Trinajstić information content (AvgIpc) is 3.21. The number of methoxy groups -OCH3 is 1. The van der Waals surface area contributed by atoms with Gasteiger partial charge in [-0.05, 0) is 29.8 Å². The Morgan fingerprint density at radius 2 is 1.81 bits per heavy atom. The van der Waals surface area contributed by atoms with E-state index in [0.29, 0.717) is 5.69 Å². The molecule has 156 valence electrons. The molecule has 1 amide bonds. The van der Waals surface area contributed by atoms with E-state index in [1.165, 1.54) is 19.2 Å². The Morgan fingerprint density at radius 3 is 2.58 bits per heavy atom. The second-order valence-electron chi connectivity index (χ2n) is 6.92. The Labute approximate surface area is 177 Å². The lowest BCUT2D eigenvalue weighted by Crippen LogP contribution is -2.43. The van der Waals surface area contributed by atoms with E-state index in [2.05, 4.69) is 15.4 Å². The molecular weight excluding hydrogens is 396 g/mol. The molecule has 2 aromatic heterocycles. The SMILES string of the molecule is COC(=O)[C@@H](Cc1c[nH]c2ccccc12)NC(=O)c1ccc(=O)n(-c2ccccc2)n1. The Kier molecular flexibility index (Phi) is 5.61. The molecule has 0 aliphatic rings. The number of H-pyrrole nitrogens is 1. The molecule has 0 spiro atoms. The highest BCUT2D eigenvalue weighted by molar-refractivity contribution is 5.95. The molecule has 0 radical (unpaired) electrons. The zero-order chi connectivity index (χ0) is 21.8. The number of hydrogen-bond acceptors (Lipinski definition) is 5. The third-order valence-corrected chi connectivity index (χ3v) is 4.92. The molecule has 4 aromatic rings. The number of para-hydroxylation sites is 2. The third kappa shape index (κ3) is 4.23. The number of benzene rings is 2. The van der Waals surface area contributed by atoms with Crippen LogP contribution in [0.3, 0.4) is 0 Å². The summed E-state index contributed by atoms with van der Waals surface area (Å²) in [7, 11) is 1.27. The van der Waals surface area contributed by atoms with E-state index in [0.717, 1.165) is 21.1 Å². The molecule has 8 nitrogen and oxygen atoms in total. The summed E-state index contributed by atoms with van der Waals surface area (Å²) in [5, 5.41) is 7.80. The van der Waals surface area contributed by atoms with Crippen molar-refractivity contribution in [2.24, 2.45) is 0 Å². The summed E-state index contributed by atoms with van der Waals surface area (Å²) in [4.78, 5) is 40.6. The lowest BCUT2D eigenvalue weighted by molar-refractivity contribution is -0.142. The molecule has 4 rings (SSSR count). The predicted molar refractivity (Wildman–Crippen MR) is 115 cm³/mol. The Balaban J connectivity index is 1.60. The highest BCUT2D eigenvalue weighted by atomic mass is 16.5. The van der Waals surface area contributed by atoms with Gasteiger partial charge in [-0.3, -0.25) is 9.59 Å². The van der Waals surface area contributed by atoms with Crippen molar-refractivity contribution in [3.8, 4) is 5.69 Å². The molecule has 0 bridgehead atoms. The van der Waals surface area contributed by atoms with Crippen LogP contribution in [0.5, 0.6) is 0 Å². The van der Waals surface area contributed by atoms with E-state index in [4.69, 9.17) is 4.74 Å². The highest BCUT2D eigenvalue weighted by Crippen LogP contribution is 2.19. The minimum atomic E-state index is -0.921. The maximum Gasteiger partial charge on any atom is 0.328 e. The number of amides is 1. The Bertz CT molecular complexity index is 1290. The number of carbonyl (C=O) groups excluding carboxylic acids is 2. The van der Waals surface area contributed by atoms with E-state index in [9.17, 15) is 14.4 Å². The monoisotopic (exact) mass is 416 g/mol. The van der Waals surface area contributed by atoms with Crippen molar-refractivity contribution < 1.29 is 14.3 Å². The van der Waals surface area contributed by atoms with Crippen LogP contribution >= 0.6 is 0 Å². The van der Waals surface area contributed by atoms with Crippen molar-refractivity contribution in [2.45, 2.75) is 12.5 Å². The van der Waals surface area contributed by atoms with Crippen molar-refractivity contribution >= 4 is 22.8 Å². The van der Waals surface area contributed by atoms with Crippen LogP contribution in [0.25, 0.3) is 16.6 Å². The first-order valence-electron chi connectivity index (χ1n) is 9.66. The molecule has 8 heteroatoms. The maximum absolute atomic E-state index is 12.9. The van der Waals surface area contributed by atoms with Crippen molar-refractivity contribution in [2.75, 3.05) is 7.11 Å². The Hall–Kier alpha value is -4.20. The van der Waals surface area contributed by atoms with Gasteiger partial charge in [-0.2, -0.15) is 9.78 Å². The fourth-order valence-corrected chi connectivity index (χ4v) is 3.37. The molecule has 0 aliphatic heterocycles. The number of rotatable bonds is 6. The summed E-state index contributed by atoms with van der Waals surface area (Å²) in [6.07, 6.45) is 2.04. The van der Waals surface area contributed by atoms with E-state index in [1.54, 1.807) is 30.5 Å². The summed E-state index contributed by atoms with van der Waals surface area (Å²) < 4.78 is 6.02. The number of carbonyl (C=O) groups is 2. The van der Waals surface area contributed by atoms with Gasteiger partial charge in [0.25, 0.3) is 11.5 Å². The molecule has 1 atom stereocenters. The zero-order valence-corrected chi connectivity index (χ0v) is 16.7. The molecule has 2 N–H and O–H groups in total. The first-order chi connectivity index (χ1) is 15.1. The van der Waals surface area contributed by atoms with Gasteiger partial charge in [0.05, 0.1) is 12.8 Å². The molecule has 31 heavy (non-hydrogen) atoms. The van der Waals surface area contributed by atoms with Crippen molar-refractivity contribution in [1.82, 2.24) is 20.1 Å². The molecule has 0 aliphatic carbocycles. The fourth-order valence-electron chi connectivity index (χ4n) is 3.37.